The Labute approximate surface area is 151 Å². The van der Waals surface area contributed by atoms with Gasteiger partial charge in [-0.15, -0.1) is 0 Å². The van der Waals surface area contributed by atoms with Crippen molar-refractivity contribution in [2.45, 2.75) is 26.7 Å². The molecule has 0 atom stereocenters. The molecule has 0 saturated carbocycles. The normalized spacial score (nSPS) is 10.8. The maximum atomic E-state index is 12.5. The SMILES string of the molecule is Cc1noc(C(C)C)c1C(=O)Oc1ccc(C(=O)c2ccccc2)cc1. The highest BCUT2D eigenvalue weighted by Crippen LogP contribution is 2.24. The molecule has 0 N–H and O–H groups in total. The second kappa shape index (κ2) is 7.35. The fourth-order valence-electron chi connectivity index (χ4n) is 2.62. The summed E-state index contributed by atoms with van der Waals surface area (Å²) in [4.78, 5) is 24.9. The number of rotatable bonds is 5. The highest BCUT2D eigenvalue weighted by molar-refractivity contribution is 6.09. The van der Waals surface area contributed by atoms with E-state index in [1.807, 2.05) is 32.0 Å². The van der Waals surface area contributed by atoms with Gasteiger partial charge in [-0.1, -0.05) is 49.3 Å². The first-order valence-electron chi connectivity index (χ1n) is 8.35. The lowest BCUT2D eigenvalue weighted by Gasteiger charge is -2.07. The number of hydrogen-bond acceptors (Lipinski definition) is 5. The first-order valence-corrected chi connectivity index (χ1v) is 8.35. The number of carbonyl (C=O) groups is 2. The first kappa shape index (κ1) is 17.6. The zero-order valence-electron chi connectivity index (χ0n) is 14.9. The molecule has 0 spiro atoms. The van der Waals surface area contributed by atoms with Crippen LogP contribution in [0.15, 0.2) is 59.1 Å². The van der Waals surface area contributed by atoms with Crippen LogP contribution >= 0.6 is 0 Å². The molecule has 3 aromatic rings. The fourth-order valence-corrected chi connectivity index (χ4v) is 2.62. The Morgan fingerprint density at radius 2 is 1.58 bits per heavy atom. The molecule has 26 heavy (non-hydrogen) atoms. The van der Waals surface area contributed by atoms with Gasteiger partial charge < -0.3 is 9.26 Å². The molecule has 5 nitrogen and oxygen atoms in total. The van der Waals surface area contributed by atoms with Gasteiger partial charge in [-0.05, 0) is 31.2 Å². The summed E-state index contributed by atoms with van der Waals surface area (Å²) in [5.74, 6) is 0.276. The van der Waals surface area contributed by atoms with Crippen molar-refractivity contribution in [2.75, 3.05) is 0 Å². The van der Waals surface area contributed by atoms with Crippen LogP contribution in [0.5, 0.6) is 5.75 Å². The number of ketones is 1. The third-order valence-corrected chi connectivity index (χ3v) is 3.98. The zero-order chi connectivity index (χ0) is 18.7. The van der Waals surface area contributed by atoms with Crippen LogP contribution < -0.4 is 4.74 Å². The third-order valence-electron chi connectivity index (χ3n) is 3.98. The van der Waals surface area contributed by atoms with Crippen LogP contribution in [0.1, 0.15) is 57.5 Å². The smallest absolute Gasteiger partial charge is 0.349 e. The predicted octanol–water partition coefficient (Wildman–Crippen LogP) is 4.56. The predicted molar refractivity (Wildman–Crippen MR) is 96.6 cm³/mol. The topological polar surface area (TPSA) is 69.4 Å². The van der Waals surface area contributed by atoms with Crippen LogP contribution in [-0.2, 0) is 0 Å². The zero-order valence-corrected chi connectivity index (χ0v) is 14.9. The van der Waals surface area contributed by atoms with Gasteiger partial charge in [0.1, 0.15) is 11.3 Å². The molecule has 0 aliphatic carbocycles. The molecule has 0 aliphatic rings. The van der Waals surface area contributed by atoms with E-state index in [9.17, 15) is 9.59 Å². The summed E-state index contributed by atoms with van der Waals surface area (Å²) in [6, 6.07) is 15.5. The van der Waals surface area contributed by atoms with Gasteiger partial charge in [0.25, 0.3) is 0 Å². The Kier molecular flexibility index (Phi) is 4.98. The van der Waals surface area contributed by atoms with Crippen LogP contribution in [-0.4, -0.2) is 16.9 Å². The van der Waals surface area contributed by atoms with Crippen molar-refractivity contribution >= 4 is 11.8 Å². The van der Waals surface area contributed by atoms with Crippen molar-refractivity contribution in [1.82, 2.24) is 5.16 Å². The van der Waals surface area contributed by atoms with Gasteiger partial charge in [-0.3, -0.25) is 4.79 Å². The van der Waals surface area contributed by atoms with E-state index in [4.69, 9.17) is 9.26 Å². The molecule has 132 valence electrons. The van der Waals surface area contributed by atoms with E-state index in [0.29, 0.717) is 33.9 Å². The number of carbonyl (C=O) groups excluding carboxylic acids is 2. The largest absolute Gasteiger partial charge is 0.423 e. The summed E-state index contributed by atoms with van der Waals surface area (Å²) >= 11 is 0. The summed E-state index contributed by atoms with van der Waals surface area (Å²) in [5, 5.41) is 3.85. The standard InChI is InChI=1S/C21H19NO4/c1-13(2)20-18(14(3)22-26-20)21(24)25-17-11-9-16(10-12-17)19(23)15-7-5-4-6-8-15/h4-13H,1-3H3. The van der Waals surface area contributed by atoms with Gasteiger partial charge in [-0.2, -0.15) is 0 Å². The maximum Gasteiger partial charge on any atom is 0.349 e. The Morgan fingerprint density at radius 1 is 0.962 bits per heavy atom. The molecule has 0 saturated heterocycles. The molecule has 0 bridgehead atoms. The Hall–Kier alpha value is -3.21. The monoisotopic (exact) mass is 349 g/mol. The van der Waals surface area contributed by atoms with E-state index in [1.54, 1.807) is 43.3 Å². The minimum atomic E-state index is -0.519. The Morgan fingerprint density at radius 3 is 2.19 bits per heavy atom. The van der Waals surface area contributed by atoms with Gasteiger partial charge >= 0.3 is 5.97 Å². The average Bonchev–Trinajstić information content (AvgIpc) is 3.04. The summed E-state index contributed by atoms with van der Waals surface area (Å²) in [6.07, 6.45) is 0. The summed E-state index contributed by atoms with van der Waals surface area (Å²) < 4.78 is 10.6. The molecule has 1 heterocycles. The molecule has 3 rings (SSSR count). The van der Waals surface area contributed by atoms with Gasteiger partial charge in [-0.25, -0.2) is 4.79 Å². The van der Waals surface area contributed by atoms with Gasteiger partial charge in [0.15, 0.2) is 11.5 Å². The molecule has 1 aromatic heterocycles. The fraction of sp³-hybridized carbons (Fsp3) is 0.190. The average molecular weight is 349 g/mol. The van der Waals surface area contributed by atoms with Crippen LogP contribution in [0.4, 0.5) is 0 Å². The number of nitrogens with zero attached hydrogens (tertiary/aromatic N) is 1. The minimum absolute atomic E-state index is 0.0182. The van der Waals surface area contributed by atoms with Crippen LogP contribution in [0.2, 0.25) is 0 Å². The molecular weight excluding hydrogens is 330 g/mol. The quantitative estimate of drug-likeness (QED) is 0.384. The van der Waals surface area contributed by atoms with Crippen LogP contribution in [0.3, 0.4) is 0 Å². The van der Waals surface area contributed by atoms with E-state index in [-0.39, 0.29) is 11.7 Å². The number of hydrogen-bond donors (Lipinski definition) is 0. The van der Waals surface area contributed by atoms with Crippen molar-refractivity contribution in [3.63, 3.8) is 0 Å². The first-order chi connectivity index (χ1) is 12.5. The summed E-state index contributed by atoms with van der Waals surface area (Å²) in [7, 11) is 0. The Balaban J connectivity index is 1.77. The number of aromatic nitrogens is 1. The molecular formula is C21H19NO4. The molecule has 5 heteroatoms. The lowest BCUT2D eigenvalue weighted by atomic mass is 10.0. The molecule has 0 amide bonds. The molecule has 0 radical (unpaired) electrons. The van der Waals surface area contributed by atoms with Crippen molar-refractivity contribution in [2.24, 2.45) is 0 Å². The number of benzene rings is 2. The van der Waals surface area contributed by atoms with Crippen molar-refractivity contribution < 1.29 is 18.8 Å². The number of esters is 1. The van der Waals surface area contributed by atoms with E-state index in [1.165, 1.54) is 0 Å². The van der Waals surface area contributed by atoms with E-state index >= 15 is 0 Å². The van der Waals surface area contributed by atoms with Crippen LogP contribution in [0.25, 0.3) is 0 Å². The lowest BCUT2D eigenvalue weighted by molar-refractivity contribution is 0.0731. The third kappa shape index (κ3) is 3.57. The second-order valence-electron chi connectivity index (χ2n) is 6.27. The number of ether oxygens (including phenoxy) is 1. The summed E-state index contributed by atoms with van der Waals surface area (Å²) in [6.45, 7) is 5.54. The van der Waals surface area contributed by atoms with Crippen molar-refractivity contribution in [3.05, 3.63) is 82.7 Å². The molecule has 0 aliphatic heterocycles. The molecule has 0 unspecified atom stereocenters. The summed E-state index contributed by atoms with van der Waals surface area (Å²) in [5.41, 5.74) is 1.98. The van der Waals surface area contributed by atoms with Gasteiger partial charge in [0.05, 0.1) is 5.69 Å². The second-order valence-corrected chi connectivity index (χ2v) is 6.27. The van der Waals surface area contributed by atoms with Crippen molar-refractivity contribution in [1.29, 1.82) is 0 Å². The van der Waals surface area contributed by atoms with E-state index in [2.05, 4.69) is 5.16 Å². The number of aryl methyl sites for hydroxylation is 1. The van der Waals surface area contributed by atoms with Crippen molar-refractivity contribution in [3.8, 4) is 5.75 Å². The van der Waals surface area contributed by atoms with E-state index in [0.717, 1.165) is 0 Å². The highest BCUT2D eigenvalue weighted by Gasteiger charge is 2.24. The lowest BCUT2D eigenvalue weighted by Crippen LogP contribution is -2.12. The van der Waals surface area contributed by atoms with E-state index < -0.39 is 5.97 Å². The maximum absolute atomic E-state index is 12.5. The minimum Gasteiger partial charge on any atom is -0.423 e. The molecule has 0 fully saturated rings. The van der Waals surface area contributed by atoms with Crippen LogP contribution in [0, 0.1) is 6.92 Å². The molecule has 2 aromatic carbocycles. The van der Waals surface area contributed by atoms with Gasteiger partial charge in [0.2, 0.25) is 0 Å². The highest BCUT2D eigenvalue weighted by atomic mass is 16.5. The van der Waals surface area contributed by atoms with Gasteiger partial charge in [0, 0.05) is 17.0 Å². The Bertz CT molecular complexity index is 924.